The molecule has 2 N–H and O–H groups in total. The maximum Gasteiger partial charge on any atom is 0.223 e. The van der Waals surface area contributed by atoms with Gasteiger partial charge in [0.25, 0.3) is 0 Å². The average Bonchev–Trinajstić information content (AvgIpc) is 2.25. The van der Waals surface area contributed by atoms with Crippen molar-refractivity contribution in [3.63, 3.8) is 0 Å². The van der Waals surface area contributed by atoms with E-state index in [-0.39, 0.29) is 11.9 Å². The van der Waals surface area contributed by atoms with Crippen LogP contribution < -0.4 is 5.73 Å². The van der Waals surface area contributed by atoms with E-state index in [1.165, 1.54) is 12.8 Å². The fraction of sp³-hybridized carbons (Fsp3) is 0.917. The normalized spacial score (nSPS) is 24.1. The molecular weight excluding hydrogens is 202 g/mol. The van der Waals surface area contributed by atoms with E-state index in [1.54, 1.807) is 19.0 Å². The van der Waals surface area contributed by atoms with Gasteiger partial charge in [-0.1, -0.05) is 6.92 Å². The zero-order chi connectivity index (χ0) is 12.1. The summed E-state index contributed by atoms with van der Waals surface area (Å²) >= 11 is 0. The first-order chi connectivity index (χ1) is 7.54. The van der Waals surface area contributed by atoms with Crippen molar-refractivity contribution in [2.75, 3.05) is 33.7 Å². The standard InChI is InChI=1S/C12H25N3O/c1-10-5-4-6-15(9-10)11(8-13)7-12(16)14(2)3/h10-11H,4-9,13H2,1-3H3. The molecule has 1 saturated heterocycles. The van der Waals surface area contributed by atoms with Crippen LogP contribution in [0.4, 0.5) is 0 Å². The molecule has 1 fully saturated rings. The summed E-state index contributed by atoms with van der Waals surface area (Å²) in [5.74, 6) is 0.908. The number of carbonyl (C=O) groups excluding carboxylic acids is 1. The van der Waals surface area contributed by atoms with Gasteiger partial charge in [0.15, 0.2) is 0 Å². The molecule has 0 aromatic carbocycles. The molecule has 1 amide bonds. The van der Waals surface area contributed by atoms with E-state index in [1.807, 2.05) is 0 Å². The summed E-state index contributed by atoms with van der Waals surface area (Å²) in [6, 6.07) is 0.220. The van der Waals surface area contributed by atoms with Crippen molar-refractivity contribution < 1.29 is 4.79 Å². The molecule has 2 unspecified atom stereocenters. The Morgan fingerprint density at radius 2 is 2.25 bits per heavy atom. The van der Waals surface area contributed by atoms with Crippen molar-refractivity contribution in [2.45, 2.75) is 32.2 Å². The minimum atomic E-state index is 0.175. The van der Waals surface area contributed by atoms with Crippen LogP contribution in [0.25, 0.3) is 0 Å². The van der Waals surface area contributed by atoms with Gasteiger partial charge in [-0.2, -0.15) is 0 Å². The van der Waals surface area contributed by atoms with Gasteiger partial charge >= 0.3 is 0 Å². The maximum atomic E-state index is 11.7. The summed E-state index contributed by atoms with van der Waals surface area (Å²) in [5.41, 5.74) is 5.79. The number of piperidine rings is 1. The lowest BCUT2D eigenvalue weighted by atomic mass is 9.97. The predicted molar refractivity (Wildman–Crippen MR) is 66.1 cm³/mol. The molecule has 0 radical (unpaired) electrons. The highest BCUT2D eigenvalue weighted by Crippen LogP contribution is 2.18. The van der Waals surface area contributed by atoms with Gasteiger partial charge in [-0.25, -0.2) is 0 Å². The van der Waals surface area contributed by atoms with Crippen LogP contribution >= 0.6 is 0 Å². The zero-order valence-electron chi connectivity index (χ0n) is 10.8. The highest BCUT2D eigenvalue weighted by atomic mass is 16.2. The molecule has 16 heavy (non-hydrogen) atoms. The van der Waals surface area contributed by atoms with Crippen molar-refractivity contribution >= 4 is 5.91 Å². The van der Waals surface area contributed by atoms with Crippen LogP contribution in [0.3, 0.4) is 0 Å². The maximum absolute atomic E-state index is 11.7. The van der Waals surface area contributed by atoms with Crippen molar-refractivity contribution in [3.05, 3.63) is 0 Å². The lowest BCUT2D eigenvalue weighted by Crippen LogP contribution is -2.47. The second kappa shape index (κ2) is 6.21. The third-order valence-electron chi connectivity index (χ3n) is 3.39. The third kappa shape index (κ3) is 3.76. The molecule has 0 aromatic heterocycles. The van der Waals surface area contributed by atoms with E-state index < -0.39 is 0 Å². The average molecular weight is 227 g/mol. The molecule has 1 aliphatic rings. The first-order valence-corrected chi connectivity index (χ1v) is 6.18. The first kappa shape index (κ1) is 13.5. The Kier molecular flexibility index (Phi) is 5.22. The van der Waals surface area contributed by atoms with Gasteiger partial charge < -0.3 is 10.6 Å². The molecule has 1 heterocycles. The first-order valence-electron chi connectivity index (χ1n) is 6.18. The summed E-state index contributed by atoms with van der Waals surface area (Å²) < 4.78 is 0. The van der Waals surface area contributed by atoms with Crippen LogP contribution in [0.2, 0.25) is 0 Å². The molecule has 1 aliphatic heterocycles. The SMILES string of the molecule is CC1CCCN(C(CN)CC(=O)N(C)C)C1. The molecule has 0 spiro atoms. The third-order valence-corrected chi connectivity index (χ3v) is 3.39. The molecule has 2 atom stereocenters. The zero-order valence-corrected chi connectivity index (χ0v) is 10.8. The monoisotopic (exact) mass is 227 g/mol. The number of nitrogens with zero attached hydrogens (tertiary/aromatic N) is 2. The highest BCUT2D eigenvalue weighted by Gasteiger charge is 2.25. The fourth-order valence-electron chi connectivity index (χ4n) is 2.30. The van der Waals surface area contributed by atoms with Crippen LogP contribution in [0.5, 0.6) is 0 Å². The molecule has 0 saturated carbocycles. The van der Waals surface area contributed by atoms with E-state index in [9.17, 15) is 4.79 Å². The second-order valence-electron chi connectivity index (χ2n) is 5.12. The Bertz CT molecular complexity index is 230. The Hall–Kier alpha value is -0.610. The minimum absolute atomic E-state index is 0.175. The number of hydrogen-bond acceptors (Lipinski definition) is 3. The number of amides is 1. The van der Waals surface area contributed by atoms with Crippen molar-refractivity contribution in [1.82, 2.24) is 9.80 Å². The van der Waals surface area contributed by atoms with E-state index in [0.717, 1.165) is 19.0 Å². The fourth-order valence-corrected chi connectivity index (χ4v) is 2.30. The number of nitrogens with two attached hydrogens (primary N) is 1. The van der Waals surface area contributed by atoms with Crippen LogP contribution in [0.15, 0.2) is 0 Å². The van der Waals surface area contributed by atoms with Gasteiger partial charge in [0.1, 0.15) is 0 Å². The van der Waals surface area contributed by atoms with Crippen LogP contribution in [-0.2, 0) is 4.79 Å². The van der Waals surface area contributed by atoms with Crippen LogP contribution in [0, 0.1) is 5.92 Å². The number of likely N-dealkylation sites (tertiary alicyclic amines) is 1. The second-order valence-corrected chi connectivity index (χ2v) is 5.12. The van der Waals surface area contributed by atoms with Crippen LogP contribution in [-0.4, -0.2) is 55.5 Å². The van der Waals surface area contributed by atoms with E-state index >= 15 is 0 Å². The smallest absolute Gasteiger partial charge is 0.223 e. The molecule has 94 valence electrons. The molecular formula is C12H25N3O. The molecule has 4 nitrogen and oxygen atoms in total. The largest absolute Gasteiger partial charge is 0.349 e. The molecule has 4 heteroatoms. The molecule has 0 aromatic rings. The van der Waals surface area contributed by atoms with Gasteiger partial charge in [0.05, 0.1) is 0 Å². The van der Waals surface area contributed by atoms with Crippen molar-refractivity contribution in [3.8, 4) is 0 Å². The number of carbonyl (C=O) groups is 1. The Balaban J connectivity index is 2.49. The van der Waals surface area contributed by atoms with E-state index in [2.05, 4.69) is 11.8 Å². The lowest BCUT2D eigenvalue weighted by molar-refractivity contribution is -0.130. The summed E-state index contributed by atoms with van der Waals surface area (Å²) in [6.07, 6.45) is 3.08. The predicted octanol–water partition coefficient (Wildman–Crippen LogP) is 0.524. The van der Waals surface area contributed by atoms with Crippen LogP contribution in [0.1, 0.15) is 26.2 Å². The quantitative estimate of drug-likeness (QED) is 0.762. The Labute approximate surface area is 98.8 Å². The summed E-state index contributed by atoms with van der Waals surface area (Å²) in [5, 5.41) is 0. The lowest BCUT2D eigenvalue weighted by Gasteiger charge is -2.36. The summed E-state index contributed by atoms with van der Waals surface area (Å²) in [6.45, 7) is 5.02. The van der Waals surface area contributed by atoms with Gasteiger partial charge in [0, 0.05) is 39.6 Å². The molecule has 1 rings (SSSR count). The van der Waals surface area contributed by atoms with Gasteiger partial charge in [-0.15, -0.1) is 0 Å². The van der Waals surface area contributed by atoms with E-state index in [0.29, 0.717) is 13.0 Å². The van der Waals surface area contributed by atoms with Gasteiger partial charge in [-0.05, 0) is 25.3 Å². The number of rotatable bonds is 4. The minimum Gasteiger partial charge on any atom is -0.349 e. The van der Waals surface area contributed by atoms with Gasteiger partial charge in [0.2, 0.25) is 5.91 Å². The summed E-state index contributed by atoms with van der Waals surface area (Å²) in [7, 11) is 3.60. The van der Waals surface area contributed by atoms with Crippen molar-refractivity contribution in [1.29, 1.82) is 0 Å². The topological polar surface area (TPSA) is 49.6 Å². The van der Waals surface area contributed by atoms with E-state index in [4.69, 9.17) is 5.73 Å². The Morgan fingerprint density at radius 1 is 1.56 bits per heavy atom. The van der Waals surface area contributed by atoms with Crippen molar-refractivity contribution in [2.24, 2.45) is 11.7 Å². The summed E-state index contributed by atoms with van der Waals surface area (Å²) in [4.78, 5) is 15.7. The number of hydrogen-bond donors (Lipinski definition) is 1. The highest BCUT2D eigenvalue weighted by molar-refractivity contribution is 5.76. The van der Waals surface area contributed by atoms with Gasteiger partial charge in [-0.3, -0.25) is 9.69 Å². The molecule has 0 bridgehead atoms. The molecule has 0 aliphatic carbocycles. The Morgan fingerprint density at radius 3 is 2.75 bits per heavy atom.